The number of halogens is 3. The third-order valence-corrected chi connectivity index (χ3v) is 9.67. The molecular formula is C43H52F3N7O11. The number of phenolic OH excluding ortho intramolecular Hbond substituents is 1. The van der Waals surface area contributed by atoms with Crippen molar-refractivity contribution in [2.75, 3.05) is 13.1 Å². The fraction of sp³-hybridized carbons (Fsp3) is 0.419. The van der Waals surface area contributed by atoms with Gasteiger partial charge in [-0.2, -0.15) is 13.2 Å². The molecule has 0 unspecified atom stereocenters. The third kappa shape index (κ3) is 16.7. The van der Waals surface area contributed by atoms with Crippen molar-refractivity contribution in [3.8, 4) is 5.75 Å². The van der Waals surface area contributed by atoms with Crippen LogP contribution < -0.4 is 36.3 Å². The molecule has 1 aromatic heterocycles. The molecule has 7 N–H and O–H groups in total. The maximum Gasteiger partial charge on any atom is 0.430 e. The number of carbonyl (C=O) groups is 8. The predicted molar refractivity (Wildman–Crippen MR) is 218 cm³/mol. The van der Waals surface area contributed by atoms with Gasteiger partial charge in [-0.15, -0.1) is 0 Å². The largest absolute Gasteiger partial charge is 0.542 e. The molecule has 346 valence electrons. The molecule has 2 aromatic carbocycles. The van der Waals surface area contributed by atoms with Crippen LogP contribution in [0.15, 0.2) is 79.1 Å². The SMILES string of the molecule is CC(C)C[C@@H](NC(=O)[C@H](Cc1ccccc1)NC(=O)CNC(=O)[C@@H](C)NC(=O)[C@H](Cc1ccc(O)cc1)NC(=O)[C@@H]1CCCN1C(=O)c1ccc[n+](C)c1)C(=O)O.O=C([O-])C(F)(F)F. The van der Waals surface area contributed by atoms with E-state index >= 15 is 0 Å². The Morgan fingerprint density at radius 1 is 0.797 bits per heavy atom. The van der Waals surface area contributed by atoms with Crippen molar-refractivity contribution in [2.45, 2.75) is 89.3 Å². The number of benzene rings is 2. The maximum absolute atomic E-state index is 13.7. The number of aliphatic carboxylic acids is 2. The number of aromatic nitrogens is 1. The number of phenols is 1. The minimum Gasteiger partial charge on any atom is -0.542 e. The molecule has 0 bridgehead atoms. The highest BCUT2D eigenvalue weighted by Crippen LogP contribution is 2.21. The molecule has 0 spiro atoms. The summed E-state index contributed by atoms with van der Waals surface area (Å²) in [6, 6.07) is 12.8. The fourth-order valence-corrected chi connectivity index (χ4v) is 6.48. The monoisotopic (exact) mass is 899 g/mol. The highest BCUT2D eigenvalue weighted by Gasteiger charge is 2.37. The topological polar surface area (TPSA) is 267 Å². The molecule has 0 saturated carbocycles. The molecular weight excluding hydrogens is 848 g/mol. The first-order valence-corrected chi connectivity index (χ1v) is 20.1. The van der Waals surface area contributed by atoms with Crippen LogP contribution in [0, 0.1) is 5.92 Å². The van der Waals surface area contributed by atoms with Crippen LogP contribution in [0.1, 0.15) is 61.5 Å². The van der Waals surface area contributed by atoms with Crippen molar-refractivity contribution in [3.63, 3.8) is 0 Å². The predicted octanol–water partition coefficient (Wildman–Crippen LogP) is -0.189. The number of hydrogen-bond acceptors (Lipinski definition) is 10. The summed E-state index contributed by atoms with van der Waals surface area (Å²) in [6.45, 7) is 4.83. The van der Waals surface area contributed by atoms with Gasteiger partial charge in [-0.05, 0) is 61.4 Å². The van der Waals surface area contributed by atoms with Crippen molar-refractivity contribution in [1.82, 2.24) is 31.5 Å². The Hall–Kier alpha value is -7.06. The van der Waals surface area contributed by atoms with Gasteiger partial charge in [-0.3, -0.25) is 28.8 Å². The molecule has 64 heavy (non-hydrogen) atoms. The number of carboxylic acid groups (broad SMARTS) is 2. The van der Waals surface area contributed by atoms with Gasteiger partial charge in [0.1, 0.15) is 54.5 Å². The van der Waals surface area contributed by atoms with E-state index in [2.05, 4.69) is 26.6 Å². The molecule has 3 aromatic rings. The first kappa shape index (κ1) is 51.3. The average molecular weight is 900 g/mol. The lowest BCUT2D eigenvalue weighted by Gasteiger charge is -2.27. The zero-order chi connectivity index (χ0) is 47.7. The van der Waals surface area contributed by atoms with Gasteiger partial charge in [0, 0.05) is 25.5 Å². The summed E-state index contributed by atoms with van der Waals surface area (Å²) in [5.74, 6) is -7.96. The van der Waals surface area contributed by atoms with Crippen molar-refractivity contribution < 1.29 is 71.4 Å². The smallest absolute Gasteiger partial charge is 0.430 e. The molecule has 21 heteroatoms. The molecule has 4 rings (SSSR count). The zero-order valence-electron chi connectivity index (χ0n) is 35.5. The molecule has 5 atom stereocenters. The molecule has 18 nitrogen and oxygen atoms in total. The number of rotatable bonds is 18. The van der Waals surface area contributed by atoms with Gasteiger partial charge in [-0.1, -0.05) is 56.3 Å². The first-order valence-electron chi connectivity index (χ1n) is 20.1. The molecule has 1 saturated heterocycles. The molecule has 1 aliphatic heterocycles. The number of aromatic hydroxyl groups is 1. The number of pyridine rings is 1. The molecule has 6 amide bonds. The van der Waals surface area contributed by atoms with Gasteiger partial charge in [0.05, 0.1) is 6.54 Å². The molecule has 0 radical (unpaired) electrons. The quantitative estimate of drug-likeness (QED) is 0.0823. The minimum absolute atomic E-state index is 0.00540. The van der Waals surface area contributed by atoms with E-state index in [0.717, 1.165) is 0 Å². The summed E-state index contributed by atoms with van der Waals surface area (Å²) >= 11 is 0. The standard InChI is InChI=1S/C41H51N7O9.C2HF3O2/c1-25(2)20-33(41(56)57)46-38(53)31(21-27-10-6-5-7-11-27)44-35(50)23-42-36(51)26(3)43-37(52)32(22-28-14-16-30(49)17-15-28)45-39(54)34-13-9-19-48(34)40(55)29-12-8-18-47(4)24-29;3-2(4,5)1(6)7/h5-8,10-12,14-18,24-26,31-34H,9,13,19-23H2,1-4H3,(H6-,42,43,44,45,46,49,50,51,52,53,54,56,57);(H,6,7)/t26-,31+,32+,33-,34+;/m1./s1. The number of alkyl halides is 3. The van der Waals surface area contributed by atoms with Crippen LogP contribution in [0.4, 0.5) is 13.2 Å². The lowest BCUT2D eigenvalue weighted by atomic mass is 10.0. The highest BCUT2D eigenvalue weighted by atomic mass is 19.4. The zero-order valence-corrected chi connectivity index (χ0v) is 35.5. The van der Waals surface area contributed by atoms with Gasteiger partial charge in [0.2, 0.25) is 29.5 Å². The second-order valence-electron chi connectivity index (χ2n) is 15.4. The Morgan fingerprint density at radius 2 is 1.38 bits per heavy atom. The van der Waals surface area contributed by atoms with E-state index in [9.17, 15) is 56.9 Å². The lowest BCUT2D eigenvalue weighted by molar-refractivity contribution is -0.671. The Kier molecular flexibility index (Phi) is 19.2. The number of hydrogen-bond donors (Lipinski definition) is 7. The third-order valence-electron chi connectivity index (χ3n) is 9.67. The Balaban J connectivity index is 0.00000143. The van der Waals surface area contributed by atoms with E-state index in [4.69, 9.17) is 9.90 Å². The van der Waals surface area contributed by atoms with E-state index < -0.39 is 84.4 Å². The number of carbonyl (C=O) groups excluding carboxylic acids is 7. The van der Waals surface area contributed by atoms with Crippen LogP contribution in [0.3, 0.4) is 0 Å². The van der Waals surface area contributed by atoms with Gasteiger partial charge < -0.3 is 51.6 Å². The van der Waals surface area contributed by atoms with Crippen LogP contribution in [-0.2, 0) is 53.5 Å². The average Bonchev–Trinajstić information content (AvgIpc) is 3.73. The van der Waals surface area contributed by atoms with Crippen molar-refractivity contribution in [2.24, 2.45) is 13.0 Å². The summed E-state index contributed by atoms with van der Waals surface area (Å²) in [5.41, 5.74) is 1.72. The summed E-state index contributed by atoms with van der Waals surface area (Å²) in [4.78, 5) is 102. The number of nitrogens with one attached hydrogen (secondary N) is 5. The van der Waals surface area contributed by atoms with Gasteiger partial charge in [0.25, 0.3) is 5.91 Å². The number of likely N-dealkylation sites (tertiary alicyclic amines) is 1. The van der Waals surface area contributed by atoms with E-state index in [-0.39, 0.29) is 36.8 Å². The fourth-order valence-electron chi connectivity index (χ4n) is 6.48. The molecule has 1 aliphatic rings. The van der Waals surface area contributed by atoms with Gasteiger partial charge in [-0.25, -0.2) is 9.36 Å². The number of carboxylic acids is 2. The van der Waals surface area contributed by atoms with Crippen LogP contribution in [0.5, 0.6) is 5.75 Å². The van der Waals surface area contributed by atoms with Crippen LogP contribution in [0.2, 0.25) is 0 Å². The van der Waals surface area contributed by atoms with Crippen LogP contribution >= 0.6 is 0 Å². The summed E-state index contributed by atoms with van der Waals surface area (Å²) in [6.07, 6.45) is -0.548. The summed E-state index contributed by atoms with van der Waals surface area (Å²) in [5, 5.41) is 41.1. The van der Waals surface area contributed by atoms with Gasteiger partial charge >= 0.3 is 12.1 Å². The molecule has 2 heterocycles. The first-order chi connectivity index (χ1) is 30.0. The minimum atomic E-state index is -5.19. The highest BCUT2D eigenvalue weighted by molar-refractivity contribution is 5.99. The van der Waals surface area contributed by atoms with Crippen molar-refractivity contribution >= 4 is 47.4 Å². The maximum atomic E-state index is 13.7. The number of amides is 6. The molecule has 1 fully saturated rings. The second kappa shape index (κ2) is 24.0. The van der Waals surface area contributed by atoms with Crippen LogP contribution in [0.25, 0.3) is 0 Å². The summed E-state index contributed by atoms with van der Waals surface area (Å²) in [7, 11) is 1.78. The van der Waals surface area contributed by atoms with Crippen molar-refractivity contribution in [3.05, 3.63) is 95.8 Å². The molecule has 0 aliphatic carbocycles. The van der Waals surface area contributed by atoms with Crippen molar-refractivity contribution in [1.29, 1.82) is 0 Å². The second-order valence-corrected chi connectivity index (χ2v) is 15.4. The Labute approximate surface area is 366 Å². The summed E-state index contributed by atoms with van der Waals surface area (Å²) < 4.78 is 33.3. The van der Waals surface area contributed by atoms with E-state index in [1.165, 1.54) is 24.0 Å². The Morgan fingerprint density at radius 3 is 1.94 bits per heavy atom. The van der Waals surface area contributed by atoms with E-state index in [0.29, 0.717) is 36.1 Å². The van der Waals surface area contributed by atoms with Crippen LogP contribution in [-0.4, -0.2) is 112 Å². The van der Waals surface area contributed by atoms with E-state index in [1.54, 1.807) is 78.6 Å². The number of aryl methyl sites for hydroxylation is 1. The Bertz CT molecular complexity index is 2120. The normalized spacial score (nSPS) is 15.2. The van der Waals surface area contributed by atoms with Gasteiger partial charge in [0.15, 0.2) is 12.4 Å². The van der Waals surface area contributed by atoms with E-state index in [1.807, 2.05) is 13.8 Å². The lowest BCUT2D eigenvalue weighted by Crippen LogP contribution is -2.57. The number of nitrogens with zero attached hydrogens (tertiary/aromatic N) is 2.